The molecule has 2 saturated heterocycles. The summed E-state index contributed by atoms with van der Waals surface area (Å²) in [6, 6.07) is 26.6. The van der Waals surface area contributed by atoms with Crippen molar-refractivity contribution in [3.63, 3.8) is 0 Å². The molecule has 2 heterocycles. The molecule has 3 aromatic rings. The standard InChI is InChI=1S/C38H41N5O5/c1-22-18-42(19-29(22)34(39)44)37(47)25-12-14-26(15-13-25)38(48)43-20-30(35(45)40-32-16-27(32)23-8-4-2-5-9-23)31(21-43)36(46)41-33-17-28(33)24-10-6-3-7-11-24/h2-15,22,27-33H,16-21H2,1H3,(H2,39,44)(H,40,45)(H,41,46)/t22-,27-,28-,29-,30-,31-,32+,33+/m1/s1. The van der Waals surface area contributed by atoms with E-state index in [0.717, 1.165) is 12.8 Å². The number of primary amides is 1. The monoisotopic (exact) mass is 647 g/mol. The number of carbonyl (C=O) groups is 5. The fraction of sp³-hybridized carbons (Fsp3) is 0.395. The fourth-order valence-electron chi connectivity index (χ4n) is 7.55. The number of carbonyl (C=O) groups excluding carboxylic acids is 5. The summed E-state index contributed by atoms with van der Waals surface area (Å²) in [4.78, 5) is 69.2. The van der Waals surface area contributed by atoms with Crippen molar-refractivity contribution in [1.82, 2.24) is 20.4 Å². The van der Waals surface area contributed by atoms with Gasteiger partial charge in [0.05, 0.1) is 17.8 Å². The van der Waals surface area contributed by atoms with E-state index >= 15 is 0 Å². The molecule has 3 aromatic carbocycles. The van der Waals surface area contributed by atoms with Gasteiger partial charge in [-0.15, -0.1) is 0 Å². The predicted octanol–water partition coefficient (Wildman–Crippen LogP) is 2.91. The highest BCUT2D eigenvalue weighted by atomic mass is 16.2. The first kappa shape index (κ1) is 31.6. The average molecular weight is 648 g/mol. The van der Waals surface area contributed by atoms with E-state index in [4.69, 9.17) is 5.73 Å². The lowest BCUT2D eigenvalue weighted by Crippen LogP contribution is -2.43. The van der Waals surface area contributed by atoms with Gasteiger partial charge in [-0.25, -0.2) is 0 Å². The number of nitrogens with two attached hydrogens (primary N) is 1. The van der Waals surface area contributed by atoms with Gasteiger partial charge >= 0.3 is 0 Å². The van der Waals surface area contributed by atoms with Crippen LogP contribution in [0.15, 0.2) is 84.9 Å². The first-order chi connectivity index (χ1) is 23.2. The summed E-state index contributed by atoms with van der Waals surface area (Å²) in [5.74, 6) is -2.64. The number of nitrogens with zero attached hydrogens (tertiary/aromatic N) is 2. The van der Waals surface area contributed by atoms with Crippen LogP contribution in [0.1, 0.15) is 63.4 Å². The van der Waals surface area contributed by atoms with Gasteiger partial charge in [0.15, 0.2) is 0 Å². The predicted molar refractivity (Wildman–Crippen MR) is 179 cm³/mol. The lowest BCUT2D eigenvalue weighted by atomic mass is 9.94. The highest BCUT2D eigenvalue weighted by Crippen LogP contribution is 2.42. The highest BCUT2D eigenvalue weighted by molar-refractivity contribution is 5.99. The molecule has 0 aromatic heterocycles. The molecule has 10 heteroatoms. The number of hydrogen-bond donors (Lipinski definition) is 3. The van der Waals surface area contributed by atoms with Crippen LogP contribution in [-0.2, 0) is 14.4 Å². The summed E-state index contributed by atoms with van der Waals surface area (Å²) in [6.45, 7) is 2.86. The van der Waals surface area contributed by atoms with Crippen molar-refractivity contribution in [2.75, 3.05) is 26.2 Å². The van der Waals surface area contributed by atoms with Gasteiger partial charge in [-0.1, -0.05) is 67.6 Å². The molecule has 2 saturated carbocycles. The SMILES string of the molecule is C[C@@H]1CN(C(=O)c2ccc(C(=O)N3C[C@@H](C(=O)N[C@H]4C[C@@H]4c4ccccc4)[C@H](C(=O)N[C@H]4C[C@@H]4c4ccccc4)C3)cc2)C[C@H]1C(N)=O. The molecule has 2 aliphatic carbocycles. The fourth-order valence-corrected chi connectivity index (χ4v) is 7.55. The topological polar surface area (TPSA) is 142 Å². The third-order valence-electron chi connectivity index (χ3n) is 10.6. The summed E-state index contributed by atoms with van der Waals surface area (Å²) < 4.78 is 0. The van der Waals surface area contributed by atoms with Crippen LogP contribution in [0.2, 0.25) is 0 Å². The number of hydrogen-bond acceptors (Lipinski definition) is 5. The van der Waals surface area contributed by atoms with Crippen LogP contribution < -0.4 is 16.4 Å². The van der Waals surface area contributed by atoms with Crippen LogP contribution in [0.5, 0.6) is 0 Å². The largest absolute Gasteiger partial charge is 0.369 e. The molecule has 2 aliphatic heterocycles. The maximum absolute atomic E-state index is 13.7. The second-order valence-corrected chi connectivity index (χ2v) is 13.9. The van der Waals surface area contributed by atoms with Crippen molar-refractivity contribution >= 4 is 29.5 Å². The van der Waals surface area contributed by atoms with Crippen LogP contribution in [0.4, 0.5) is 0 Å². The molecule has 10 nitrogen and oxygen atoms in total. The first-order valence-electron chi connectivity index (χ1n) is 16.9. The molecule has 8 atom stereocenters. The van der Waals surface area contributed by atoms with Crippen LogP contribution in [0.25, 0.3) is 0 Å². The van der Waals surface area contributed by atoms with Crippen molar-refractivity contribution < 1.29 is 24.0 Å². The van der Waals surface area contributed by atoms with E-state index in [1.165, 1.54) is 11.1 Å². The molecule has 4 aliphatic rings. The Bertz CT molecular complexity index is 1640. The first-order valence-corrected chi connectivity index (χ1v) is 16.9. The van der Waals surface area contributed by atoms with E-state index in [9.17, 15) is 24.0 Å². The molecule has 48 heavy (non-hydrogen) atoms. The molecule has 0 unspecified atom stereocenters. The Morgan fingerprint density at radius 3 is 1.38 bits per heavy atom. The van der Waals surface area contributed by atoms with Gasteiger partial charge in [0.1, 0.15) is 0 Å². The lowest BCUT2D eigenvalue weighted by molar-refractivity contribution is -0.133. The second-order valence-electron chi connectivity index (χ2n) is 13.9. The third-order valence-corrected chi connectivity index (χ3v) is 10.6. The van der Waals surface area contributed by atoms with Crippen LogP contribution in [-0.4, -0.2) is 77.6 Å². The maximum atomic E-state index is 13.7. The zero-order valence-corrected chi connectivity index (χ0v) is 27.0. The molecular formula is C38H41N5O5. The zero-order valence-electron chi connectivity index (χ0n) is 27.0. The van der Waals surface area contributed by atoms with Crippen molar-refractivity contribution in [3.8, 4) is 0 Å². The van der Waals surface area contributed by atoms with Gasteiger partial charge < -0.3 is 26.2 Å². The Morgan fingerprint density at radius 1 is 0.583 bits per heavy atom. The number of rotatable bonds is 9. The van der Waals surface area contributed by atoms with Gasteiger partial charge in [0.2, 0.25) is 17.7 Å². The van der Waals surface area contributed by atoms with Gasteiger partial charge in [0, 0.05) is 61.2 Å². The molecule has 4 fully saturated rings. The molecule has 5 amide bonds. The number of amides is 5. The average Bonchev–Trinajstić information content (AvgIpc) is 3.96. The molecular weight excluding hydrogens is 606 g/mol. The Morgan fingerprint density at radius 2 is 0.979 bits per heavy atom. The summed E-state index contributed by atoms with van der Waals surface area (Å²) in [5, 5.41) is 6.33. The highest BCUT2D eigenvalue weighted by Gasteiger charge is 2.49. The number of nitrogens with one attached hydrogen (secondary N) is 2. The Balaban J connectivity index is 1.03. The quantitative estimate of drug-likeness (QED) is 0.328. The van der Waals surface area contributed by atoms with Crippen LogP contribution in [0, 0.1) is 23.7 Å². The van der Waals surface area contributed by atoms with E-state index in [2.05, 4.69) is 34.9 Å². The summed E-state index contributed by atoms with van der Waals surface area (Å²) >= 11 is 0. The van der Waals surface area contributed by atoms with E-state index in [0.29, 0.717) is 17.7 Å². The summed E-state index contributed by atoms with van der Waals surface area (Å²) in [7, 11) is 0. The molecule has 4 N–H and O–H groups in total. The van der Waals surface area contributed by atoms with Crippen molar-refractivity contribution in [2.24, 2.45) is 29.4 Å². The molecule has 248 valence electrons. The van der Waals surface area contributed by atoms with E-state index in [1.54, 1.807) is 34.1 Å². The smallest absolute Gasteiger partial charge is 0.253 e. The van der Waals surface area contributed by atoms with Crippen molar-refractivity contribution in [2.45, 2.75) is 43.7 Å². The van der Waals surface area contributed by atoms with E-state index < -0.39 is 17.7 Å². The van der Waals surface area contributed by atoms with Crippen molar-refractivity contribution in [1.29, 1.82) is 0 Å². The zero-order chi connectivity index (χ0) is 33.5. The van der Waals surface area contributed by atoms with Gasteiger partial charge in [-0.05, 0) is 54.2 Å². The molecule has 0 bridgehead atoms. The second kappa shape index (κ2) is 12.9. The van der Waals surface area contributed by atoms with Gasteiger partial charge in [-0.3, -0.25) is 24.0 Å². The third kappa shape index (κ3) is 6.43. The molecule has 0 radical (unpaired) electrons. The van der Waals surface area contributed by atoms with E-state index in [-0.39, 0.29) is 79.0 Å². The lowest BCUT2D eigenvalue weighted by Gasteiger charge is -2.18. The minimum absolute atomic E-state index is 0.00110. The Kier molecular flexibility index (Phi) is 8.49. The number of likely N-dealkylation sites (tertiary alicyclic amines) is 2. The summed E-state index contributed by atoms with van der Waals surface area (Å²) in [5.41, 5.74) is 8.64. The van der Waals surface area contributed by atoms with Gasteiger partial charge in [-0.2, -0.15) is 0 Å². The molecule has 7 rings (SSSR count). The maximum Gasteiger partial charge on any atom is 0.253 e. The minimum Gasteiger partial charge on any atom is -0.369 e. The molecule has 0 spiro atoms. The Hall–Kier alpha value is -4.99. The minimum atomic E-state index is -0.684. The van der Waals surface area contributed by atoms with Crippen molar-refractivity contribution in [3.05, 3.63) is 107 Å². The Labute approximate surface area is 280 Å². The van der Waals surface area contributed by atoms with Gasteiger partial charge in [0.25, 0.3) is 11.8 Å². The number of benzene rings is 3. The normalized spacial score (nSPS) is 28.9. The van der Waals surface area contributed by atoms with Crippen LogP contribution in [0.3, 0.4) is 0 Å². The van der Waals surface area contributed by atoms with Crippen LogP contribution >= 0.6 is 0 Å². The summed E-state index contributed by atoms with van der Waals surface area (Å²) in [6.07, 6.45) is 1.68. The van der Waals surface area contributed by atoms with E-state index in [1.807, 2.05) is 43.3 Å².